The van der Waals surface area contributed by atoms with Crippen molar-refractivity contribution in [3.8, 4) is 5.75 Å². The van der Waals surface area contributed by atoms with Gasteiger partial charge in [0.2, 0.25) is 11.8 Å². The molecule has 2 aromatic rings. The third-order valence-corrected chi connectivity index (χ3v) is 7.48. The summed E-state index contributed by atoms with van der Waals surface area (Å²) in [4.78, 5) is 31.3. The van der Waals surface area contributed by atoms with Crippen LogP contribution in [0.1, 0.15) is 30.2 Å². The molecule has 2 atom stereocenters. The van der Waals surface area contributed by atoms with Gasteiger partial charge in [-0.25, -0.2) is 4.98 Å². The molecule has 0 aliphatic carbocycles. The van der Waals surface area contributed by atoms with Crippen molar-refractivity contribution in [1.29, 1.82) is 0 Å². The van der Waals surface area contributed by atoms with Crippen molar-refractivity contribution in [3.63, 3.8) is 0 Å². The second-order valence-corrected chi connectivity index (χ2v) is 9.87. The lowest BCUT2D eigenvalue weighted by atomic mass is 10.1. The molecule has 2 aliphatic heterocycles. The van der Waals surface area contributed by atoms with Gasteiger partial charge in [-0.1, -0.05) is 12.1 Å². The molecule has 1 aromatic heterocycles. The highest BCUT2D eigenvalue weighted by Gasteiger charge is 2.52. The Bertz CT molecular complexity index is 964. The average Bonchev–Trinajstić information content (AvgIpc) is 3.32. The standard InChI is InChI=1S/C19H18F3N3O3S2/c1-18-7-6-15(26)25(18)14(10-29-18)16(27)24-17-23-9-13(30-17)8-11-2-4-12(5-3-11)28-19(20,21)22/h2-5,9,14H,6-8,10H2,1H3,(H,23,24,27)/t14-,18+/m1/s1. The SMILES string of the molecule is C[C@]12CCC(=O)N1[C@@H](C(=O)Nc1ncc(Cc3ccc(OC(F)(F)F)cc3)s1)CS2. The number of thiazole rings is 1. The summed E-state index contributed by atoms with van der Waals surface area (Å²) in [5.41, 5.74) is 0.789. The molecule has 0 bridgehead atoms. The third-order valence-electron chi connectivity index (χ3n) is 5.07. The molecule has 2 amide bonds. The van der Waals surface area contributed by atoms with E-state index in [1.54, 1.807) is 35.0 Å². The number of carbonyl (C=O) groups is 2. The Morgan fingerprint density at radius 2 is 2.10 bits per heavy atom. The first kappa shape index (κ1) is 21.0. The van der Waals surface area contributed by atoms with Crippen LogP contribution < -0.4 is 10.1 Å². The number of anilines is 1. The lowest BCUT2D eigenvalue weighted by Gasteiger charge is -2.29. The van der Waals surface area contributed by atoms with E-state index in [0.717, 1.165) is 16.9 Å². The molecule has 3 heterocycles. The number of alkyl halides is 3. The number of ether oxygens (including phenoxy) is 1. The number of carbonyl (C=O) groups excluding carboxylic acids is 2. The van der Waals surface area contributed by atoms with Crippen LogP contribution in [0, 0.1) is 0 Å². The van der Waals surface area contributed by atoms with E-state index >= 15 is 0 Å². The minimum absolute atomic E-state index is 0.000396. The molecule has 1 N–H and O–H groups in total. The maximum absolute atomic E-state index is 12.7. The number of benzene rings is 1. The minimum Gasteiger partial charge on any atom is -0.406 e. The number of nitrogens with one attached hydrogen (secondary N) is 1. The molecule has 4 rings (SSSR count). The number of nitrogens with zero attached hydrogens (tertiary/aromatic N) is 2. The topological polar surface area (TPSA) is 71.5 Å². The van der Waals surface area contributed by atoms with Crippen LogP contribution in [-0.2, 0) is 16.0 Å². The summed E-state index contributed by atoms with van der Waals surface area (Å²) in [6, 6.07) is 5.11. The van der Waals surface area contributed by atoms with E-state index in [9.17, 15) is 22.8 Å². The van der Waals surface area contributed by atoms with Crippen LogP contribution >= 0.6 is 23.1 Å². The van der Waals surface area contributed by atoms with Gasteiger partial charge in [-0.05, 0) is 31.0 Å². The highest BCUT2D eigenvalue weighted by atomic mass is 32.2. The largest absolute Gasteiger partial charge is 0.573 e. The summed E-state index contributed by atoms with van der Waals surface area (Å²) in [6.45, 7) is 1.99. The van der Waals surface area contributed by atoms with Gasteiger partial charge in [0.25, 0.3) is 0 Å². The smallest absolute Gasteiger partial charge is 0.406 e. The van der Waals surface area contributed by atoms with Gasteiger partial charge >= 0.3 is 6.36 Å². The van der Waals surface area contributed by atoms with Crippen molar-refractivity contribution in [2.45, 2.75) is 43.5 Å². The van der Waals surface area contributed by atoms with Gasteiger partial charge in [-0.2, -0.15) is 0 Å². The van der Waals surface area contributed by atoms with Crippen LogP contribution in [0.3, 0.4) is 0 Å². The maximum Gasteiger partial charge on any atom is 0.573 e. The van der Waals surface area contributed by atoms with Crippen molar-refractivity contribution >= 4 is 40.0 Å². The molecule has 6 nitrogen and oxygen atoms in total. The molecule has 160 valence electrons. The predicted molar refractivity (Wildman–Crippen MR) is 107 cm³/mol. The minimum atomic E-state index is -4.72. The van der Waals surface area contributed by atoms with Gasteiger partial charge in [0, 0.05) is 29.7 Å². The summed E-state index contributed by atoms with van der Waals surface area (Å²) in [6.07, 6.45) is -1.44. The van der Waals surface area contributed by atoms with Crippen molar-refractivity contribution in [2.24, 2.45) is 0 Å². The Kier molecular flexibility index (Phi) is 5.43. The summed E-state index contributed by atoms with van der Waals surface area (Å²) < 4.78 is 40.6. The van der Waals surface area contributed by atoms with Gasteiger partial charge < -0.3 is 15.0 Å². The van der Waals surface area contributed by atoms with Gasteiger partial charge in [0.05, 0.1) is 4.87 Å². The summed E-state index contributed by atoms with van der Waals surface area (Å²) in [5.74, 6) is 0.0245. The van der Waals surface area contributed by atoms with Crippen LogP contribution in [0.5, 0.6) is 5.75 Å². The number of halogens is 3. The number of fused-ring (bicyclic) bond motifs is 1. The first-order valence-electron chi connectivity index (χ1n) is 9.19. The Hall–Kier alpha value is -2.27. The van der Waals surface area contributed by atoms with Crippen molar-refractivity contribution in [1.82, 2.24) is 9.88 Å². The zero-order chi connectivity index (χ0) is 21.5. The average molecular weight is 457 g/mol. The lowest BCUT2D eigenvalue weighted by Crippen LogP contribution is -2.48. The van der Waals surface area contributed by atoms with E-state index in [-0.39, 0.29) is 22.4 Å². The lowest BCUT2D eigenvalue weighted by molar-refractivity contribution is -0.274. The van der Waals surface area contributed by atoms with Crippen molar-refractivity contribution in [2.75, 3.05) is 11.1 Å². The predicted octanol–water partition coefficient (Wildman–Crippen LogP) is 4.03. The molecule has 11 heteroatoms. The monoisotopic (exact) mass is 457 g/mol. The van der Waals surface area contributed by atoms with E-state index in [1.807, 2.05) is 6.92 Å². The Balaban J connectivity index is 1.36. The van der Waals surface area contributed by atoms with E-state index < -0.39 is 12.4 Å². The molecule has 0 radical (unpaired) electrons. The van der Waals surface area contributed by atoms with E-state index in [2.05, 4.69) is 15.0 Å². The number of thioether (sulfide) groups is 1. The van der Waals surface area contributed by atoms with E-state index in [4.69, 9.17) is 0 Å². The number of amides is 2. The first-order chi connectivity index (χ1) is 14.1. The fraction of sp³-hybridized carbons (Fsp3) is 0.421. The van der Waals surface area contributed by atoms with Crippen molar-refractivity contribution in [3.05, 3.63) is 40.9 Å². The number of rotatable bonds is 5. The fourth-order valence-corrected chi connectivity index (χ4v) is 5.94. The van der Waals surface area contributed by atoms with Crippen LogP contribution in [0.15, 0.2) is 30.5 Å². The van der Waals surface area contributed by atoms with E-state index in [1.165, 1.54) is 23.5 Å². The highest BCUT2D eigenvalue weighted by Crippen LogP contribution is 2.47. The normalized spacial score (nSPS) is 23.5. The van der Waals surface area contributed by atoms with Gasteiger partial charge in [-0.15, -0.1) is 36.3 Å². The highest BCUT2D eigenvalue weighted by molar-refractivity contribution is 8.01. The van der Waals surface area contributed by atoms with Crippen LogP contribution in [0.2, 0.25) is 0 Å². The molecule has 30 heavy (non-hydrogen) atoms. The zero-order valence-electron chi connectivity index (χ0n) is 15.9. The van der Waals surface area contributed by atoms with Gasteiger partial charge in [-0.3, -0.25) is 9.59 Å². The zero-order valence-corrected chi connectivity index (χ0v) is 17.5. The molecule has 0 unspecified atom stereocenters. The van der Waals surface area contributed by atoms with E-state index in [0.29, 0.717) is 23.7 Å². The number of aromatic nitrogens is 1. The molecule has 1 aromatic carbocycles. The van der Waals surface area contributed by atoms with Crippen molar-refractivity contribution < 1.29 is 27.5 Å². The second kappa shape index (κ2) is 7.77. The maximum atomic E-state index is 12.7. The first-order valence-corrected chi connectivity index (χ1v) is 11.0. The van der Waals surface area contributed by atoms with Crippen LogP contribution in [0.4, 0.5) is 18.3 Å². The molecule has 0 spiro atoms. The Labute approximate surface area is 178 Å². The number of hydrogen-bond acceptors (Lipinski definition) is 6. The second-order valence-electron chi connectivity index (χ2n) is 7.26. The molecule has 2 aliphatic rings. The molecule has 2 fully saturated rings. The Morgan fingerprint density at radius 3 is 2.80 bits per heavy atom. The summed E-state index contributed by atoms with van der Waals surface area (Å²) in [7, 11) is 0. The molecular weight excluding hydrogens is 439 g/mol. The molecular formula is C19H18F3N3O3S2. The third kappa shape index (κ3) is 4.41. The summed E-state index contributed by atoms with van der Waals surface area (Å²) >= 11 is 2.91. The summed E-state index contributed by atoms with van der Waals surface area (Å²) in [5, 5.41) is 3.22. The fourth-order valence-electron chi connectivity index (χ4n) is 3.66. The molecule has 2 saturated heterocycles. The quantitative estimate of drug-likeness (QED) is 0.734. The van der Waals surface area contributed by atoms with Gasteiger partial charge in [0.15, 0.2) is 5.13 Å². The van der Waals surface area contributed by atoms with Crippen LogP contribution in [0.25, 0.3) is 0 Å². The Morgan fingerprint density at radius 1 is 1.37 bits per heavy atom. The molecule has 0 saturated carbocycles. The van der Waals surface area contributed by atoms with Gasteiger partial charge in [0.1, 0.15) is 11.8 Å². The number of hydrogen-bond donors (Lipinski definition) is 1. The van der Waals surface area contributed by atoms with Crippen LogP contribution in [-0.4, -0.2) is 44.7 Å².